The first-order valence-corrected chi connectivity index (χ1v) is 4.49. The topological polar surface area (TPSA) is 66.0 Å². The van der Waals surface area contributed by atoms with Crippen LogP contribution in [0, 0.1) is 0 Å². The van der Waals surface area contributed by atoms with Crippen molar-refractivity contribution in [3.05, 3.63) is 23.5 Å². The molecule has 1 rings (SSSR count). The van der Waals surface area contributed by atoms with Gasteiger partial charge in [0.15, 0.2) is 0 Å². The summed E-state index contributed by atoms with van der Waals surface area (Å²) in [5.74, 6) is 0. The molecule has 0 unspecified atom stereocenters. The first kappa shape index (κ1) is 11.2. The molecule has 0 amide bonds. The maximum Gasteiger partial charge on any atom is 0.0782 e. The quantitative estimate of drug-likeness (QED) is 0.786. The predicted molar refractivity (Wildman–Crippen MR) is 53.8 cm³/mol. The fourth-order valence-corrected chi connectivity index (χ4v) is 1.22. The van der Waals surface area contributed by atoms with Crippen LogP contribution in [0.3, 0.4) is 0 Å². The molecule has 0 bridgehead atoms. The van der Waals surface area contributed by atoms with Crippen molar-refractivity contribution in [1.29, 1.82) is 0 Å². The molecule has 0 aliphatic carbocycles. The highest BCUT2D eigenvalue weighted by atomic mass is 35.5. The van der Waals surface area contributed by atoms with Crippen molar-refractivity contribution < 1.29 is 4.74 Å². The molecule has 0 radical (unpaired) electrons. The van der Waals surface area contributed by atoms with Gasteiger partial charge in [0, 0.05) is 12.1 Å². The number of halogens is 1. The summed E-state index contributed by atoms with van der Waals surface area (Å²) in [6.07, 6.45) is 1.60. The molecule has 2 N–H and O–H groups in total. The van der Waals surface area contributed by atoms with E-state index in [4.69, 9.17) is 22.1 Å². The third-order valence-corrected chi connectivity index (χ3v) is 1.81. The lowest BCUT2D eigenvalue weighted by Crippen LogP contribution is -2.20. The van der Waals surface area contributed by atoms with Crippen LogP contribution in [0.5, 0.6) is 0 Å². The average molecular weight is 217 g/mol. The molecule has 1 aromatic rings. The van der Waals surface area contributed by atoms with Crippen LogP contribution < -0.4 is 5.73 Å². The second-order valence-corrected chi connectivity index (χ2v) is 3.43. The first-order chi connectivity index (χ1) is 6.65. The Morgan fingerprint density at radius 3 is 3.14 bits per heavy atom. The zero-order chi connectivity index (χ0) is 10.6. The standard InChI is InChI=1S/C8H13ClN4O/c1-6(9)4-13-8(3-11-12-13)7(10)5-14-2/h3,7H,1,4-5,10H2,2H3/t7-/m1/s1. The Balaban J connectivity index is 2.75. The highest BCUT2D eigenvalue weighted by Gasteiger charge is 2.12. The molecule has 5 nitrogen and oxygen atoms in total. The Morgan fingerprint density at radius 2 is 2.57 bits per heavy atom. The molecule has 1 aromatic heterocycles. The molecule has 0 fully saturated rings. The van der Waals surface area contributed by atoms with Gasteiger partial charge in [-0.3, -0.25) is 0 Å². The fraction of sp³-hybridized carbons (Fsp3) is 0.500. The van der Waals surface area contributed by atoms with E-state index in [1.807, 2.05) is 0 Å². The second-order valence-electron chi connectivity index (χ2n) is 2.90. The van der Waals surface area contributed by atoms with Crippen molar-refractivity contribution >= 4 is 11.6 Å². The van der Waals surface area contributed by atoms with Gasteiger partial charge in [0.1, 0.15) is 0 Å². The second kappa shape index (κ2) is 5.09. The van der Waals surface area contributed by atoms with Crippen LogP contribution in [0.25, 0.3) is 0 Å². The van der Waals surface area contributed by atoms with Gasteiger partial charge in [0.25, 0.3) is 0 Å². The van der Waals surface area contributed by atoms with Crippen LogP contribution >= 0.6 is 11.6 Å². The number of allylic oxidation sites excluding steroid dienone is 1. The molecule has 0 aliphatic heterocycles. The largest absolute Gasteiger partial charge is 0.383 e. The lowest BCUT2D eigenvalue weighted by atomic mass is 10.2. The summed E-state index contributed by atoms with van der Waals surface area (Å²) in [6, 6.07) is -0.244. The molecule has 1 atom stereocenters. The molecule has 0 aromatic carbocycles. The minimum Gasteiger partial charge on any atom is -0.383 e. The molecule has 0 saturated carbocycles. The Labute approximate surface area is 87.5 Å². The van der Waals surface area contributed by atoms with Crippen molar-refractivity contribution in [3.8, 4) is 0 Å². The molecule has 1 heterocycles. The van der Waals surface area contributed by atoms with E-state index in [9.17, 15) is 0 Å². The number of ether oxygens (including phenoxy) is 1. The van der Waals surface area contributed by atoms with Crippen LogP contribution in [-0.2, 0) is 11.3 Å². The van der Waals surface area contributed by atoms with E-state index in [1.54, 1.807) is 18.0 Å². The van der Waals surface area contributed by atoms with Crippen LogP contribution in [-0.4, -0.2) is 28.7 Å². The van der Waals surface area contributed by atoms with Crippen LogP contribution in [0.2, 0.25) is 0 Å². The fourth-order valence-electron chi connectivity index (χ4n) is 1.10. The number of nitrogens with zero attached hydrogens (tertiary/aromatic N) is 3. The van der Waals surface area contributed by atoms with E-state index >= 15 is 0 Å². The van der Waals surface area contributed by atoms with Gasteiger partial charge in [-0.1, -0.05) is 23.4 Å². The van der Waals surface area contributed by atoms with Crippen molar-refractivity contribution in [2.75, 3.05) is 13.7 Å². The molecule has 78 valence electrons. The van der Waals surface area contributed by atoms with Crippen molar-refractivity contribution in [3.63, 3.8) is 0 Å². The van der Waals surface area contributed by atoms with Gasteiger partial charge in [-0.2, -0.15) is 0 Å². The Kier molecular flexibility index (Phi) is 4.06. The van der Waals surface area contributed by atoms with E-state index in [-0.39, 0.29) is 6.04 Å². The highest BCUT2D eigenvalue weighted by molar-refractivity contribution is 6.29. The van der Waals surface area contributed by atoms with Gasteiger partial charge in [-0.15, -0.1) is 5.10 Å². The van der Waals surface area contributed by atoms with Crippen molar-refractivity contribution in [1.82, 2.24) is 15.0 Å². The summed E-state index contributed by atoms with van der Waals surface area (Å²) >= 11 is 5.67. The third-order valence-electron chi connectivity index (χ3n) is 1.70. The van der Waals surface area contributed by atoms with Gasteiger partial charge in [-0.05, 0) is 0 Å². The summed E-state index contributed by atoms with van der Waals surface area (Å²) in [7, 11) is 1.59. The Morgan fingerprint density at radius 1 is 1.86 bits per heavy atom. The minimum absolute atomic E-state index is 0.244. The zero-order valence-corrected chi connectivity index (χ0v) is 8.74. The SMILES string of the molecule is C=C(Cl)Cn1nncc1[C@H](N)COC. The maximum atomic E-state index is 5.83. The Hall–Kier alpha value is -0.910. The number of rotatable bonds is 5. The molecular formula is C8H13ClN4O. The number of nitrogens with two attached hydrogens (primary N) is 1. The van der Waals surface area contributed by atoms with Crippen molar-refractivity contribution in [2.24, 2.45) is 5.73 Å². The number of aromatic nitrogens is 3. The highest BCUT2D eigenvalue weighted by Crippen LogP contribution is 2.11. The summed E-state index contributed by atoms with van der Waals surface area (Å²) in [5, 5.41) is 8.09. The molecule has 0 aliphatic rings. The van der Waals surface area contributed by atoms with Gasteiger partial charge < -0.3 is 10.5 Å². The number of hydrogen-bond acceptors (Lipinski definition) is 4. The van der Waals surface area contributed by atoms with E-state index in [1.165, 1.54) is 0 Å². The smallest absolute Gasteiger partial charge is 0.0782 e. The Bertz CT molecular complexity index is 312. The number of hydrogen-bond donors (Lipinski definition) is 1. The van der Waals surface area contributed by atoms with Gasteiger partial charge >= 0.3 is 0 Å². The average Bonchev–Trinajstić information content (AvgIpc) is 2.51. The first-order valence-electron chi connectivity index (χ1n) is 4.11. The molecule has 0 saturated heterocycles. The van der Waals surface area contributed by atoms with Crippen LogP contribution in [0.1, 0.15) is 11.7 Å². The molecule has 6 heteroatoms. The molecule has 0 spiro atoms. The number of methoxy groups -OCH3 is 1. The third kappa shape index (κ3) is 2.80. The summed E-state index contributed by atoms with van der Waals surface area (Å²) in [6.45, 7) is 4.41. The molecular weight excluding hydrogens is 204 g/mol. The monoisotopic (exact) mass is 216 g/mol. The summed E-state index contributed by atoms with van der Waals surface area (Å²) < 4.78 is 6.55. The normalized spacial score (nSPS) is 12.8. The van der Waals surface area contributed by atoms with E-state index in [2.05, 4.69) is 16.9 Å². The van der Waals surface area contributed by atoms with E-state index in [0.717, 1.165) is 5.69 Å². The molecule has 14 heavy (non-hydrogen) atoms. The zero-order valence-electron chi connectivity index (χ0n) is 7.98. The lowest BCUT2D eigenvalue weighted by Gasteiger charge is -2.11. The van der Waals surface area contributed by atoms with Gasteiger partial charge in [0.2, 0.25) is 0 Å². The predicted octanol–water partition coefficient (Wildman–Crippen LogP) is 0.677. The van der Waals surface area contributed by atoms with E-state index < -0.39 is 0 Å². The lowest BCUT2D eigenvalue weighted by molar-refractivity contribution is 0.178. The van der Waals surface area contributed by atoms with Gasteiger partial charge in [0.05, 0.1) is 31.1 Å². The summed E-state index contributed by atoms with van der Waals surface area (Å²) in [4.78, 5) is 0. The van der Waals surface area contributed by atoms with Crippen molar-refractivity contribution in [2.45, 2.75) is 12.6 Å². The van der Waals surface area contributed by atoms with Gasteiger partial charge in [-0.25, -0.2) is 4.68 Å². The van der Waals surface area contributed by atoms with E-state index in [0.29, 0.717) is 18.2 Å². The van der Waals surface area contributed by atoms with Crippen LogP contribution in [0.15, 0.2) is 17.8 Å². The summed E-state index contributed by atoms with van der Waals surface area (Å²) in [5.41, 5.74) is 6.61. The minimum atomic E-state index is -0.244. The van der Waals surface area contributed by atoms with Crippen LogP contribution in [0.4, 0.5) is 0 Å². The maximum absolute atomic E-state index is 5.83.